The molecule has 0 amide bonds. The Bertz CT molecular complexity index is 1380. The van der Waals surface area contributed by atoms with E-state index in [-0.39, 0.29) is 0 Å². The summed E-state index contributed by atoms with van der Waals surface area (Å²) >= 11 is 0. The maximum Gasteiger partial charge on any atom is 0.126 e. The lowest BCUT2D eigenvalue weighted by Crippen LogP contribution is -2.09. The van der Waals surface area contributed by atoms with Gasteiger partial charge < -0.3 is 18.9 Å². The molecule has 1 aliphatic rings. The van der Waals surface area contributed by atoms with Crippen molar-refractivity contribution in [2.75, 3.05) is 26.4 Å². The molecule has 0 saturated heterocycles. The molecule has 0 aromatic heterocycles. The van der Waals surface area contributed by atoms with E-state index < -0.39 is 0 Å². The van der Waals surface area contributed by atoms with Gasteiger partial charge >= 0.3 is 0 Å². The highest BCUT2D eigenvalue weighted by Gasteiger charge is 2.21. The Hall–Kier alpha value is -3.92. The minimum Gasteiger partial charge on any atom is -0.493 e. The molecule has 0 radical (unpaired) electrons. The molecule has 0 fully saturated rings. The Balaban J connectivity index is 1.75. The molecule has 4 aromatic rings. The first-order chi connectivity index (χ1) is 20.7. The van der Waals surface area contributed by atoms with Gasteiger partial charge in [-0.1, -0.05) is 86.6 Å². The largest absolute Gasteiger partial charge is 0.493 e. The Kier molecular flexibility index (Phi) is 10.1. The molecule has 0 heterocycles. The number of hydrogen-bond donors (Lipinski definition) is 0. The third kappa shape index (κ3) is 6.59. The van der Waals surface area contributed by atoms with Crippen molar-refractivity contribution in [1.82, 2.24) is 0 Å². The molecule has 1 aliphatic carbocycles. The maximum atomic E-state index is 6.51. The summed E-state index contributed by atoms with van der Waals surface area (Å²) in [7, 11) is 0. The van der Waals surface area contributed by atoms with Crippen molar-refractivity contribution in [3.63, 3.8) is 0 Å². The molecule has 4 aromatic carbocycles. The van der Waals surface area contributed by atoms with Crippen molar-refractivity contribution < 1.29 is 18.9 Å². The quantitative estimate of drug-likeness (QED) is 0.170. The molecular weight excluding hydrogens is 520 g/mol. The standard InChI is InChI=1S/C38H44O4/c1-5-21-41-37-31-17-11-19-33(37)26-34-20-12-18-32(38(34)42-22-6-2)25-30-16-10-14-28(36(30)40-8-4)23-27-13-9-15-29(24-31)35(27)39-7-3/h9-20H,5-8,21-26H2,1-4H3. The number of para-hydroxylation sites is 4. The van der Waals surface area contributed by atoms with Crippen molar-refractivity contribution in [3.05, 3.63) is 117 Å². The van der Waals surface area contributed by atoms with Gasteiger partial charge in [-0.25, -0.2) is 0 Å². The van der Waals surface area contributed by atoms with Crippen molar-refractivity contribution >= 4 is 0 Å². The molecule has 0 N–H and O–H groups in total. The lowest BCUT2D eigenvalue weighted by molar-refractivity contribution is 0.307. The first kappa shape index (κ1) is 29.6. The fourth-order valence-electron chi connectivity index (χ4n) is 5.92. The Morgan fingerprint density at radius 1 is 0.381 bits per heavy atom. The molecule has 0 aliphatic heterocycles. The molecular formula is C38H44O4. The number of fused-ring (bicyclic) bond motifs is 8. The monoisotopic (exact) mass is 564 g/mol. The second-order valence-corrected chi connectivity index (χ2v) is 10.9. The number of rotatable bonds is 10. The smallest absolute Gasteiger partial charge is 0.126 e. The number of ether oxygens (including phenoxy) is 4. The zero-order valence-electron chi connectivity index (χ0n) is 25.6. The maximum absolute atomic E-state index is 6.51. The van der Waals surface area contributed by atoms with E-state index in [0.717, 1.165) is 61.5 Å². The lowest BCUT2D eigenvalue weighted by Gasteiger charge is -2.22. The van der Waals surface area contributed by atoms with Crippen LogP contribution in [0.15, 0.2) is 72.8 Å². The van der Waals surface area contributed by atoms with Gasteiger partial charge in [-0.05, 0) is 71.2 Å². The van der Waals surface area contributed by atoms with Crippen molar-refractivity contribution in [3.8, 4) is 23.0 Å². The van der Waals surface area contributed by atoms with Crippen molar-refractivity contribution in [2.45, 2.75) is 66.2 Å². The van der Waals surface area contributed by atoms with Crippen LogP contribution in [0.1, 0.15) is 85.0 Å². The second kappa shape index (κ2) is 14.3. The zero-order chi connectivity index (χ0) is 29.3. The average Bonchev–Trinajstić information content (AvgIpc) is 2.99. The van der Waals surface area contributed by atoms with Crippen molar-refractivity contribution in [1.29, 1.82) is 0 Å². The van der Waals surface area contributed by atoms with Gasteiger partial charge in [0, 0.05) is 25.7 Å². The van der Waals surface area contributed by atoms with E-state index in [2.05, 4.69) is 100 Å². The summed E-state index contributed by atoms with van der Waals surface area (Å²) in [5.41, 5.74) is 9.38. The summed E-state index contributed by atoms with van der Waals surface area (Å²) in [6.45, 7) is 11.0. The van der Waals surface area contributed by atoms with Crippen LogP contribution in [-0.4, -0.2) is 26.4 Å². The summed E-state index contributed by atoms with van der Waals surface area (Å²) in [5.74, 6) is 3.89. The molecule has 5 rings (SSSR count). The van der Waals surface area contributed by atoms with Gasteiger partial charge in [0.05, 0.1) is 26.4 Å². The van der Waals surface area contributed by atoms with Gasteiger partial charge in [0.25, 0.3) is 0 Å². The van der Waals surface area contributed by atoms with Crippen LogP contribution in [0, 0.1) is 0 Å². The minimum absolute atomic E-state index is 0.608. The summed E-state index contributed by atoms with van der Waals surface area (Å²) < 4.78 is 25.7. The van der Waals surface area contributed by atoms with Gasteiger partial charge in [-0.2, -0.15) is 0 Å². The number of benzene rings is 4. The van der Waals surface area contributed by atoms with Crippen LogP contribution in [0.5, 0.6) is 23.0 Å². The highest BCUT2D eigenvalue weighted by molar-refractivity contribution is 5.55. The Labute approximate surface area is 251 Å². The topological polar surface area (TPSA) is 36.9 Å². The third-order valence-electron chi connectivity index (χ3n) is 7.71. The first-order valence-electron chi connectivity index (χ1n) is 15.6. The van der Waals surface area contributed by atoms with Crippen LogP contribution in [0.4, 0.5) is 0 Å². The summed E-state index contributed by atoms with van der Waals surface area (Å²) in [4.78, 5) is 0. The Morgan fingerprint density at radius 2 is 0.619 bits per heavy atom. The molecule has 220 valence electrons. The molecule has 0 spiro atoms. The molecule has 8 bridgehead atoms. The van der Waals surface area contributed by atoms with Crippen LogP contribution in [-0.2, 0) is 25.7 Å². The molecule has 0 saturated carbocycles. The van der Waals surface area contributed by atoms with Crippen molar-refractivity contribution in [2.24, 2.45) is 0 Å². The summed E-state index contributed by atoms with van der Waals surface area (Å²) in [6.07, 6.45) is 4.82. The molecule has 4 heteroatoms. The summed E-state index contributed by atoms with van der Waals surface area (Å²) in [5, 5.41) is 0. The third-order valence-corrected chi connectivity index (χ3v) is 7.71. The SMILES string of the molecule is CCCOc1c2cccc1Cc1cccc(c1OCCC)Cc1cccc(c1OCC)Cc1cccc(c1OCC)C2. The van der Waals surface area contributed by atoms with Gasteiger partial charge in [0.1, 0.15) is 23.0 Å². The van der Waals surface area contributed by atoms with Crippen LogP contribution in [0.25, 0.3) is 0 Å². The Morgan fingerprint density at radius 3 is 0.833 bits per heavy atom. The van der Waals surface area contributed by atoms with Crippen LogP contribution < -0.4 is 18.9 Å². The molecule has 0 unspecified atom stereocenters. The van der Waals surface area contributed by atoms with Gasteiger partial charge in [-0.3, -0.25) is 0 Å². The normalized spacial score (nSPS) is 12.5. The summed E-state index contributed by atoms with van der Waals surface area (Å²) in [6, 6.07) is 26.2. The van der Waals surface area contributed by atoms with Gasteiger partial charge in [-0.15, -0.1) is 0 Å². The second-order valence-electron chi connectivity index (χ2n) is 10.9. The van der Waals surface area contributed by atoms with E-state index >= 15 is 0 Å². The fraction of sp³-hybridized carbons (Fsp3) is 0.368. The predicted molar refractivity (Wildman–Crippen MR) is 171 cm³/mol. The van der Waals surface area contributed by atoms with Crippen LogP contribution in [0.3, 0.4) is 0 Å². The highest BCUT2D eigenvalue weighted by atomic mass is 16.5. The first-order valence-corrected chi connectivity index (χ1v) is 15.6. The molecule has 42 heavy (non-hydrogen) atoms. The average molecular weight is 565 g/mol. The van der Waals surface area contributed by atoms with E-state index in [4.69, 9.17) is 18.9 Å². The minimum atomic E-state index is 0.608. The zero-order valence-corrected chi connectivity index (χ0v) is 25.6. The van der Waals surface area contributed by atoms with E-state index in [0.29, 0.717) is 26.4 Å². The van der Waals surface area contributed by atoms with E-state index in [1.807, 2.05) is 0 Å². The van der Waals surface area contributed by atoms with Gasteiger partial charge in [0.15, 0.2) is 0 Å². The fourth-order valence-corrected chi connectivity index (χ4v) is 5.92. The molecule has 4 nitrogen and oxygen atoms in total. The number of hydrogen-bond acceptors (Lipinski definition) is 4. The predicted octanol–water partition coefficient (Wildman–Crippen LogP) is 8.74. The van der Waals surface area contributed by atoms with Crippen LogP contribution in [0.2, 0.25) is 0 Å². The van der Waals surface area contributed by atoms with E-state index in [1.54, 1.807) is 0 Å². The van der Waals surface area contributed by atoms with E-state index in [9.17, 15) is 0 Å². The van der Waals surface area contributed by atoms with E-state index in [1.165, 1.54) is 44.5 Å². The molecule has 0 atom stereocenters. The lowest BCUT2D eigenvalue weighted by atomic mass is 9.91. The highest BCUT2D eigenvalue weighted by Crippen LogP contribution is 2.38. The van der Waals surface area contributed by atoms with Gasteiger partial charge in [0.2, 0.25) is 0 Å². The van der Waals surface area contributed by atoms with Crippen LogP contribution >= 0.6 is 0 Å².